The molecule has 1 fully saturated rings. The summed E-state index contributed by atoms with van der Waals surface area (Å²) >= 11 is 0. The highest BCUT2D eigenvalue weighted by molar-refractivity contribution is 5.28. The van der Waals surface area contributed by atoms with Gasteiger partial charge in [0.1, 0.15) is 5.75 Å². The van der Waals surface area contributed by atoms with Gasteiger partial charge in [-0.2, -0.15) is 0 Å². The summed E-state index contributed by atoms with van der Waals surface area (Å²) in [7, 11) is 0. The maximum atomic E-state index is 9.31. The molecular weight excluding hydrogens is 262 g/mol. The maximum absolute atomic E-state index is 9.31. The molecule has 118 valence electrons. The van der Waals surface area contributed by atoms with Crippen molar-refractivity contribution in [1.29, 1.82) is 0 Å². The molecule has 1 aromatic carbocycles. The van der Waals surface area contributed by atoms with Gasteiger partial charge in [0.25, 0.3) is 0 Å². The summed E-state index contributed by atoms with van der Waals surface area (Å²) in [6.45, 7) is 8.63. The summed E-state index contributed by atoms with van der Waals surface area (Å²) in [6, 6.07) is 8.44. The van der Waals surface area contributed by atoms with Gasteiger partial charge in [-0.05, 0) is 55.3 Å². The van der Waals surface area contributed by atoms with Crippen LogP contribution >= 0.6 is 0 Å². The van der Waals surface area contributed by atoms with Crippen molar-refractivity contribution in [2.24, 2.45) is 11.8 Å². The Morgan fingerprint density at radius 1 is 1.38 bits per heavy atom. The second-order valence-electron chi connectivity index (χ2n) is 6.60. The van der Waals surface area contributed by atoms with Crippen LogP contribution in [0.15, 0.2) is 24.3 Å². The van der Waals surface area contributed by atoms with E-state index in [2.05, 4.69) is 36.9 Å². The van der Waals surface area contributed by atoms with Crippen LogP contribution in [0.25, 0.3) is 0 Å². The van der Waals surface area contributed by atoms with Gasteiger partial charge >= 0.3 is 0 Å². The zero-order valence-corrected chi connectivity index (χ0v) is 13.4. The highest BCUT2D eigenvalue weighted by Gasteiger charge is 2.19. The van der Waals surface area contributed by atoms with Crippen molar-refractivity contribution in [3.05, 3.63) is 29.8 Å². The first-order valence-electron chi connectivity index (χ1n) is 8.22. The number of aliphatic hydroxyl groups is 1. The maximum Gasteiger partial charge on any atom is 0.119 e. The molecule has 0 aliphatic carbocycles. The molecule has 1 aliphatic heterocycles. The first-order chi connectivity index (χ1) is 10.2. The summed E-state index contributed by atoms with van der Waals surface area (Å²) in [5.41, 5.74) is 1.30. The molecule has 0 saturated carbocycles. The van der Waals surface area contributed by atoms with Gasteiger partial charge in [-0.15, -0.1) is 0 Å². The lowest BCUT2D eigenvalue weighted by atomic mass is 9.98. The van der Waals surface area contributed by atoms with Crippen LogP contribution in [0.5, 0.6) is 5.75 Å². The molecule has 3 heteroatoms. The van der Waals surface area contributed by atoms with Gasteiger partial charge < -0.3 is 9.84 Å². The quantitative estimate of drug-likeness (QED) is 0.836. The van der Waals surface area contributed by atoms with Crippen LogP contribution in [-0.2, 0) is 6.54 Å². The predicted molar refractivity (Wildman–Crippen MR) is 86.5 cm³/mol. The summed E-state index contributed by atoms with van der Waals surface area (Å²) in [6.07, 6.45) is 3.44. The Labute approximate surface area is 128 Å². The molecular formula is C18H29NO2. The second kappa shape index (κ2) is 8.40. The first kappa shape index (κ1) is 16.3. The number of aliphatic hydroxyl groups excluding tert-OH is 1. The average Bonchev–Trinajstić information content (AvgIpc) is 2.47. The molecule has 0 amide bonds. The van der Waals surface area contributed by atoms with Crippen LogP contribution < -0.4 is 4.74 Å². The Morgan fingerprint density at radius 2 is 2.24 bits per heavy atom. The lowest BCUT2D eigenvalue weighted by Gasteiger charge is -2.31. The van der Waals surface area contributed by atoms with Gasteiger partial charge in [0.2, 0.25) is 0 Å². The molecule has 2 rings (SSSR count). The Hall–Kier alpha value is -1.06. The molecule has 21 heavy (non-hydrogen) atoms. The van der Waals surface area contributed by atoms with E-state index in [-0.39, 0.29) is 0 Å². The van der Waals surface area contributed by atoms with Crippen LogP contribution in [0.4, 0.5) is 0 Å². The minimum absolute atomic E-state index is 0.314. The van der Waals surface area contributed by atoms with Crippen molar-refractivity contribution in [3.63, 3.8) is 0 Å². The highest BCUT2D eigenvalue weighted by Crippen LogP contribution is 2.20. The summed E-state index contributed by atoms with van der Waals surface area (Å²) in [5, 5.41) is 9.31. The van der Waals surface area contributed by atoms with Crippen molar-refractivity contribution < 1.29 is 9.84 Å². The van der Waals surface area contributed by atoms with E-state index in [1.54, 1.807) is 0 Å². The minimum Gasteiger partial charge on any atom is -0.494 e. The molecule has 0 aromatic heterocycles. The highest BCUT2D eigenvalue weighted by atomic mass is 16.5. The van der Waals surface area contributed by atoms with Gasteiger partial charge in [-0.1, -0.05) is 26.0 Å². The van der Waals surface area contributed by atoms with Crippen molar-refractivity contribution in [2.45, 2.75) is 39.7 Å². The zero-order valence-electron chi connectivity index (χ0n) is 13.4. The second-order valence-corrected chi connectivity index (χ2v) is 6.60. The topological polar surface area (TPSA) is 32.7 Å². The predicted octanol–water partition coefficient (Wildman–Crippen LogP) is 3.32. The van der Waals surface area contributed by atoms with Gasteiger partial charge in [0.05, 0.1) is 6.61 Å². The molecule has 1 heterocycles. The van der Waals surface area contributed by atoms with E-state index in [9.17, 15) is 5.11 Å². The number of hydrogen-bond donors (Lipinski definition) is 1. The fourth-order valence-corrected chi connectivity index (χ4v) is 2.85. The lowest BCUT2D eigenvalue weighted by molar-refractivity contribution is 0.116. The summed E-state index contributed by atoms with van der Waals surface area (Å²) in [4.78, 5) is 2.44. The molecule has 1 atom stereocenters. The lowest BCUT2D eigenvalue weighted by Crippen LogP contribution is -2.36. The molecule has 1 saturated heterocycles. The van der Waals surface area contributed by atoms with Gasteiger partial charge in [0, 0.05) is 19.7 Å². The fraction of sp³-hybridized carbons (Fsp3) is 0.667. The third kappa shape index (κ3) is 5.68. The monoisotopic (exact) mass is 291 g/mol. The third-order valence-electron chi connectivity index (χ3n) is 4.13. The fourth-order valence-electron chi connectivity index (χ4n) is 2.85. The Balaban J connectivity index is 1.85. The van der Waals surface area contributed by atoms with Crippen molar-refractivity contribution in [2.75, 3.05) is 26.3 Å². The number of hydrogen-bond acceptors (Lipinski definition) is 3. The molecule has 1 aromatic rings. The van der Waals surface area contributed by atoms with Gasteiger partial charge in [-0.25, -0.2) is 0 Å². The number of nitrogens with zero attached hydrogens (tertiary/aromatic N) is 1. The van der Waals surface area contributed by atoms with Crippen molar-refractivity contribution >= 4 is 0 Å². The first-order valence-corrected chi connectivity index (χ1v) is 8.22. The summed E-state index contributed by atoms with van der Waals surface area (Å²) < 4.78 is 5.83. The van der Waals surface area contributed by atoms with E-state index in [1.165, 1.54) is 12.0 Å². The van der Waals surface area contributed by atoms with Crippen LogP contribution in [-0.4, -0.2) is 36.3 Å². The normalized spacial score (nSPS) is 19.9. The number of piperidine rings is 1. The summed E-state index contributed by atoms with van der Waals surface area (Å²) in [5.74, 6) is 2.10. The van der Waals surface area contributed by atoms with Crippen LogP contribution in [0.3, 0.4) is 0 Å². The number of benzene rings is 1. The SMILES string of the molecule is CC(C)CCOc1cccc(CN2CCCC(CO)C2)c1. The number of likely N-dealkylation sites (tertiary alicyclic amines) is 1. The van der Waals surface area contributed by atoms with E-state index in [1.807, 2.05) is 6.07 Å². The van der Waals surface area contributed by atoms with E-state index in [4.69, 9.17) is 4.74 Å². The smallest absolute Gasteiger partial charge is 0.119 e. The minimum atomic E-state index is 0.314. The van der Waals surface area contributed by atoms with Crippen LogP contribution in [0, 0.1) is 11.8 Å². The Kier molecular flexibility index (Phi) is 6.52. The van der Waals surface area contributed by atoms with Gasteiger partial charge in [-0.3, -0.25) is 4.90 Å². The zero-order chi connectivity index (χ0) is 15.1. The Morgan fingerprint density at radius 3 is 3.00 bits per heavy atom. The largest absolute Gasteiger partial charge is 0.494 e. The van der Waals surface area contributed by atoms with E-state index < -0.39 is 0 Å². The molecule has 0 radical (unpaired) electrons. The van der Waals surface area contributed by atoms with Crippen molar-refractivity contribution in [3.8, 4) is 5.75 Å². The molecule has 1 unspecified atom stereocenters. The van der Waals surface area contributed by atoms with Gasteiger partial charge in [0.15, 0.2) is 0 Å². The number of rotatable bonds is 7. The standard InChI is InChI=1S/C18H29NO2/c1-15(2)8-10-21-18-7-3-5-16(11-18)12-19-9-4-6-17(13-19)14-20/h3,5,7,11,15,17,20H,4,6,8-10,12-14H2,1-2H3. The van der Waals surface area contributed by atoms with Crippen LogP contribution in [0.2, 0.25) is 0 Å². The molecule has 3 nitrogen and oxygen atoms in total. The number of ether oxygens (including phenoxy) is 1. The molecule has 1 N–H and O–H groups in total. The molecule has 0 bridgehead atoms. The van der Waals surface area contributed by atoms with Crippen LogP contribution in [0.1, 0.15) is 38.7 Å². The van der Waals surface area contributed by atoms with E-state index >= 15 is 0 Å². The third-order valence-corrected chi connectivity index (χ3v) is 4.13. The Bertz CT molecular complexity index is 419. The molecule has 1 aliphatic rings. The molecule has 0 spiro atoms. The van der Waals surface area contributed by atoms with E-state index in [0.717, 1.165) is 44.8 Å². The average molecular weight is 291 g/mol. The van der Waals surface area contributed by atoms with Crippen molar-refractivity contribution in [1.82, 2.24) is 4.90 Å². The van der Waals surface area contributed by atoms with E-state index in [0.29, 0.717) is 18.4 Å².